The minimum absolute atomic E-state index is 0.0444. The molecule has 2 amide bonds. The zero-order chi connectivity index (χ0) is 20.4. The molecule has 150 valence electrons. The maximum absolute atomic E-state index is 15.2. The van der Waals surface area contributed by atoms with Crippen molar-refractivity contribution < 1.29 is 14.0 Å². The van der Waals surface area contributed by atoms with Crippen LogP contribution in [-0.2, 0) is 16.1 Å². The molecule has 1 aromatic heterocycles. The Morgan fingerprint density at radius 1 is 1.46 bits per heavy atom. The third kappa shape index (κ3) is 4.51. The van der Waals surface area contributed by atoms with E-state index in [2.05, 4.69) is 20.9 Å². The van der Waals surface area contributed by atoms with E-state index < -0.39 is 12.0 Å². The number of thiazole rings is 1. The summed E-state index contributed by atoms with van der Waals surface area (Å²) in [5, 5.41) is 11.5. The molecule has 2 aromatic rings. The number of carbonyl (C=O) groups excluding carboxylic acids is 2. The predicted octanol–water partition coefficient (Wildman–Crippen LogP) is 3.37. The summed E-state index contributed by atoms with van der Waals surface area (Å²) in [5.41, 5.74) is 1.33. The van der Waals surface area contributed by atoms with E-state index in [0.29, 0.717) is 5.56 Å². The Hall–Kier alpha value is -2.03. The fourth-order valence-corrected chi connectivity index (χ4v) is 4.07. The molecule has 1 aromatic carbocycles. The average molecular weight is 425 g/mol. The quantitative estimate of drug-likeness (QED) is 0.687. The molecule has 0 aliphatic carbocycles. The first-order valence-corrected chi connectivity index (χ1v) is 10.2. The molecule has 1 saturated heterocycles. The summed E-state index contributed by atoms with van der Waals surface area (Å²) in [6.45, 7) is 5.45. The van der Waals surface area contributed by atoms with Gasteiger partial charge in [0.15, 0.2) is 0 Å². The van der Waals surface area contributed by atoms with Crippen LogP contribution in [0, 0.1) is 18.7 Å². The molecule has 0 radical (unpaired) electrons. The first kappa shape index (κ1) is 20.7. The number of rotatable bonds is 5. The maximum atomic E-state index is 15.2. The molecule has 0 spiro atoms. The molecule has 1 fully saturated rings. The molecule has 6 nitrogen and oxygen atoms in total. The van der Waals surface area contributed by atoms with E-state index in [1.165, 1.54) is 17.4 Å². The van der Waals surface area contributed by atoms with Crippen molar-refractivity contribution in [3.8, 4) is 0 Å². The van der Waals surface area contributed by atoms with E-state index >= 15 is 4.39 Å². The van der Waals surface area contributed by atoms with E-state index in [1.54, 1.807) is 19.9 Å². The minimum atomic E-state index is -0.788. The van der Waals surface area contributed by atoms with Crippen LogP contribution < -0.4 is 16.0 Å². The van der Waals surface area contributed by atoms with Gasteiger partial charge in [-0.05, 0) is 13.0 Å². The Balaban J connectivity index is 1.86. The molecular formula is C19H22ClFN4O2S. The van der Waals surface area contributed by atoms with Crippen LogP contribution >= 0.6 is 22.9 Å². The van der Waals surface area contributed by atoms with Crippen molar-refractivity contribution in [3.05, 3.63) is 50.2 Å². The maximum Gasteiger partial charge on any atom is 0.223 e. The van der Waals surface area contributed by atoms with Crippen molar-refractivity contribution in [1.29, 1.82) is 0 Å². The number of aryl methyl sites for hydroxylation is 1. The molecule has 2 unspecified atom stereocenters. The Bertz CT molecular complexity index is 902. The van der Waals surface area contributed by atoms with Gasteiger partial charge in [0, 0.05) is 41.1 Å². The topological polar surface area (TPSA) is 83.1 Å². The fourth-order valence-electron chi connectivity index (χ4n) is 2.96. The van der Waals surface area contributed by atoms with E-state index in [1.807, 2.05) is 12.3 Å². The zero-order valence-electron chi connectivity index (χ0n) is 15.8. The molecule has 1 aliphatic heterocycles. The molecule has 1 aliphatic rings. The van der Waals surface area contributed by atoms with E-state index in [4.69, 9.17) is 11.6 Å². The average Bonchev–Trinajstić information content (AvgIpc) is 3.07. The summed E-state index contributed by atoms with van der Waals surface area (Å²) in [4.78, 5) is 28.5. The second-order valence-electron chi connectivity index (χ2n) is 7.06. The number of amides is 2. The van der Waals surface area contributed by atoms with Crippen LogP contribution in [0.3, 0.4) is 0 Å². The Morgan fingerprint density at radius 3 is 2.86 bits per heavy atom. The predicted molar refractivity (Wildman–Crippen MR) is 106 cm³/mol. The highest BCUT2D eigenvalue weighted by Crippen LogP contribution is 2.33. The highest BCUT2D eigenvalue weighted by atomic mass is 35.5. The van der Waals surface area contributed by atoms with Crippen molar-refractivity contribution in [2.24, 2.45) is 5.92 Å². The number of hydrogen-bond donors (Lipinski definition) is 3. The summed E-state index contributed by atoms with van der Waals surface area (Å²) < 4.78 is 15.2. The van der Waals surface area contributed by atoms with Gasteiger partial charge in [0.2, 0.25) is 11.8 Å². The Morgan fingerprint density at radius 2 is 2.21 bits per heavy atom. The van der Waals surface area contributed by atoms with Crippen LogP contribution in [0.15, 0.2) is 17.5 Å². The monoisotopic (exact) mass is 424 g/mol. The molecular weight excluding hydrogens is 403 g/mol. The first-order chi connectivity index (χ1) is 13.3. The van der Waals surface area contributed by atoms with Gasteiger partial charge in [0.1, 0.15) is 17.0 Å². The van der Waals surface area contributed by atoms with Gasteiger partial charge < -0.3 is 10.6 Å². The molecule has 28 heavy (non-hydrogen) atoms. The molecule has 0 bridgehead atoms. The lowest BCUT2D eigenvalue weighted by atomic mass is 10.0. The van der Waals surface area contributed by atoms with Crippen LogP contribution in [0.4, 0.5) is 4.39 Å². The molecule has 3 N–H and O–H groups in total. The smallest absolute Gasteiger partial charge is 0.223 e. The van der Waals surface area contributed by atoms with Crippen molar-refractivity contribution >= 4 is 34.8 Å². The third-order valence-corrected chi connectivity index (χ3v) is 5.88. The zero-order valence-corrected chi connectivity index (χ0v) is 17.4. The standard InChI is InChI=1S/C19H22ClFN4O2S/c1-9(2)18(27)22-7-11-4-5-12(20)15(16(11)21)17-24-13(6-14(26)25-17)19-23-10(3)8-28-19/h4-5,8-9,13,17,24H,6-7H2,1-3H3,(H,22,27)(H,25,26). The van der Waals surface area contributed by atoms with Crippen LogP contribution in [0.1, 0.15) is 54.3 Å². The summed E-state index contributed by atoms with van der Waals surface area (Å²) in [7, 11) is 0. The Labute approximate surface area is 171 Å². The molecule has 2 heterocycles. The second kappa shape index (κ2) is 8.55. The summed E-state index contributed by atoms with van der Waals surface area (Å²) in [5.74, 6) is -1.13. The van der Waals surface area contributed by atoms with Gasteiger partial charge in [-0.15, -0.1) is 11.3 Å². The SMILES string of the molecule is Cc1csc(C2CC(=O)NC(c3c(Cl)ccc(CNC(=O)C(C)C)c3F)N2)n1. The number of carbonyl (C=O) groups is 2. The third-order valence-electron chi connectivity index (χ3n) is 4.47. The summed E-state index contributed by atoms with van der Waals surface area (Å²) in [6, 6.07) is 2.79. The summed E-state index contributed by atoms with van der Waals surface area (Å²) in [6.07, 6.45) is -0.573. The van der Waals surface area contributed by atoms with Gasteiger partial charge >= 0.3 is 0 Å². The highest BCUT2D eigenvalue weighted by molar-refractivity contribution is 7.09. The molecule has 2 atom stereocenters. The van der Waals surface area contributed by atoms with E-state index in [-0.39, 0.29) is 47.3 Å². The van der Waals surface area contributed by atoms with E-state index in [0.717, 1.165) is 10.7 Å². The number of aromatic nitrogens is 1. The van der Waals surface area contributed by atoms with Crippen LogP contribution in [-0.4, -0.2) is 16.8 Å². The molecule has 9 heteroatoms. The van der Waals surface area contributed by atoms with E-state index in [9.17, 15) is 9.59 Å². The lowest BCUT2D eigenvalue weighted by molar-refractivity contribution is -0.125. The van der Waals surface area contributed by atoms with Gasteiger partial charge in [-0.25, -0.2) is 9.37 Å². The van der Waals surface area contributed by atoms with Crippen molar-refractivity contribution in [3.63, 3.8) is 0 Å². The van der Waals surface area contributed by atoms with Crippen molar-refractivity contribution in [2.75, 3.05) is 0 Å². The number of nitrogens with zero attached hydrogens (tertiary/aromatic N) is 1. The minimum Gasteiger partial charge on any atom is -0.352 e. The van der Waals surface area contributed by atoms with Crippen LogP contribution in [0.5, 0.6) is 0 Å². The second-order valence-corrected chi connectivity index (χ2v) is 8.35. The summed E-state index contributed by atoms with van der Waals surface area (Å²) >= 11 is 7.71. The lowest BCUT2D eigenvalue weighted by Crippen LogP contribution is -2.47. The lowest BCUT2D eigenvalue weighted by Gasteiger charge is -2.32. The number of benzene rings is 1. The molecule has 3 rings (SSSR count). The highest BCUT2D eigenvalue weighted by Gasteiger charge is 2.32. The van der Waals surface area contributed by atoms with Gasteiger partial charge in [-0.1, -0.05) is 31.5 Å². The Kier molecular flexibility index (Phi) is 6.32. The normalized spacial score (nSPS) is 19.6. The van der Waals surface area contributed by atoms with Crippen LogP contribution in [0.2, 0.25) is 5.02 Å². The number of halogens is 2. The molecule has 0 saturated carbocycles. The van der Waals surface area contributed by atoms with Crippen molar-refractivity contribution in [2.45, 2.75) is 45.9 Å². The number of hydrogen-bond acceptors (Lipinski definition) is 5. The van der Waals surface area contributed by atoms with Gasteiger partial charge in [-0.3, -0.25) is 14.9 Å². The van der Waals surface area contributed by atoms with Crippen molar-refractivity contribution in [1.82, 2.24) is 20.9 Å². The fraction of sp³-hybridized carbons (Fsp3) is 0.421. The number of nitrogens with one attached hydrogen (secondary N) is 3. The van der Waals surface area contributed by atoms with Gasteiger partial charge in [0.05, 0.1) is 11.1 Å². The van der Waals surface area contributed by atoms with Gasteiger partial charge in [0.25, 0.3) is 0 Å². The van der Waals surface area contributed by atoms with Crippen LogP contribution in [0.25, 0.3) is 0 Å². The first-order valence-electron chi connectivity index (χ1n) is 8.98. The largest absolute Gasteiger partial charge is 0.352 e. The van der Waals surface area contributed by atoms with Gasteiger partial charge in [-0.2, -0.15) is 0 Å².